The predicted octanol–water partition coefficient (Wildman–Crippen LogP) is 3.63. The average molecular weight is 438 g/mol. The van der Waals surface area contributed by atoms with Crippen LogP contribution in [-0.2, 0) is 0 Å². The van der Waals surface area contributed by atoms with Gasteiger partial charge in [-0.3, -0.25) is 9.99 Å². The molecule has 0 aliphatic heterocycles. The molecule has 0 unspecified atom stereocenters. The topological polar surface area (TPSA) is 99.2 Å². The molecule has 172 valence electrons. The molecule has 0 spiro atoms. The fraction of sp³-hybridized carbons (Fsp3) is 0.333. The van der Waals surface area contributed by atoms with Crippen molar-refractivity contribution in [2.75, 3.05) is 34.2 Å². The zero-order valence-corrected chi connectivity index (χ0v) is 19.7. The fourth-order valence-corrected chi connectivity index (χ4v) is 2.43. The van der Waals surface area contributed by atoms with Crippen LogP contribution >= 0.6 is 0 Å². The Kier molecular flexibility index (Phi) is 11.8. The SMILES string of the molecule is C=CC/C=C\C=C/CN(C)/N=C(\C(C)=C\CNC(N)=O)c1cncc(N=C(C)N(C)C)c1. The number of hydrogen-bond acceptors (Lipinski definition) is 5. The molecule has 1 aromatic rings. The molecule has 8 nitrogen and oxygen atoms in total. The molecular weight excluding hydrogens is 402 g/mol. The van der Waals surface area contributed by atoms with Gasteiger partial charge in [-0.05, 0) is 31.9 Å². The molecule has 0 aliphatic carbocycles. The summed E-state index contributed by atoms with van der Waals surface area (Å²) in [4.78, 5) is 21.9. The number of hydrogen-bond donors (Lipinski definition) is 2. The van der Waals surface area contributed by atoms with Crippen molar-refractivity contribution in [3.8, 4) is 0 Å². The first-order valence-corrected chi connectivity index (χ1v) is 10.3. The van der Waals surface area contributed by atoms with Gasteiger partial charge in [0.15, 0.2) is 0 Å². The molecule has 1 aromatic heterocycles. The summed E-state index contributed by atoms with van der Waals surface area (Å²) in [7, 11) is 5.78. The number of carbonyl (C=O) groups is 1. The lowest BCUT2D eigenvalue weighted by atomic mass is 10.0. The third kappa shape index (κ3) is 10.4. The molecule has 3 N–H and O–H groups in total. The number of nitrogens with zero attached hydrogens (tertiary/aromatic N) is 5. The molecule has 1 rings (SSSR count). The smallest absolute Gasteiger partial charge is 0.312 e. The third-order valence-electron chi connectivity index (χ3n) is 4.32. The molecule has 32 heavy (non-hydrogen) atoms. The van der Waals surface area contributed by atoms with E-state index in [2.05, 4.69) is 21.9 Å². The maximum absolute atomic E-state index is 11.0. The van der Waals surface area contributed by atoms with E-state index in [1.54, 1.807) is 12.4 Å². The average Bonchev–Trinajstić information content (AvgIpc) is 2.74. The number of amidine groups is 1. The largest absolute Gasteiger partial charge is 0.366 e. The summed E-state index contributed by atoms with van der Waals surface area (Å²) >= 11 is 0. The standard InChI is InChI=1S/C24H35N7O/c1-7-8-9-10-11-12-15-31(6)29-23(19(2)13-14-27-24(25)32)21-16-22(18-26-17-21)28-20(3)30(4)5/h7,9-13,16-18H,1,8,14-15H2,2-6H3,(H3,25,27,32)/b10-9-,12-11-,19-13+,28-20?,29-23+. The van der Waals surface area contributed by atoms with Gasteiger partial charge in [0.05, 0.1) is 24.1 Å². The maximum atomic E-state index is 11.0. The number of nitrogens with one attached hydrogen (secondary N) is 1. The van der Waals surface area contributed by atoms with Crippen LogP contribution in [0.15, 0.2) is 77.2 Å². The number of carbonyl (C=O) groups excluding carboxylic acids is 1. The van der Waals surface area contributed by atoms with E-state index in [0.29, 0.717) is 13.1 Å². The molecule has 0 atom stereocenters. The number of rotatable bonds is 11. The first-order valence-electron chi connectivity index (χ1n) is 10.3. The molecule has 0 aliphatic rings. The van der Waals surface area contributed by atoms with E-state index in [1.807, 2.05) is 87.4 Å². The zero-order valence-electron chi connectivity index (χ0n) is 19.7. The number of urea groups is 1. The van der Waals surface area contributed by atoms with Crippen LogP contribution in [0, 0.1) is 0 Å². The number of pyridine rings is 1. The summed E-state index contributed by atoms with van der Waals surface area (Å²) in [5.74, 6) is 0.868. The van der Waals surface area contributed by atoms with E-state index < -0.39 is 6.03 Å². The summed E-state index contributed by atoms with van der Waals surface area (Å²) in [6, 6.07) is 1.37. The summed E-state index contributed by atoms with van der Waals surface area (Å²) in [6.07, 6.45) is 16.0. The van der Waals surface area contributed by atoms with Crippen molar-refractivity contribution in [2.45, 2.75) is 20.3 Å². The number of primary amides is 1. The van der Waals surface area contributed by atoms with E-state index in [9.17, 15) is 4.79 Å². The van der Waals surface area contributed by atoms with Gasteiger partial charge in [0.2, 0.25) is 0 Å². The first kappa shape index (κ1) is 26.4. The molecule has 0 bridgehead atoms. The minimum absolute atomic E-state index is 0.308. The molecule has 2 amide bonds. The zero-order chi connectivity index (χ0) is 23.9. The van der Waals surface area contributed by atoms with Crippen molar-refractivity contribution in [3.63, 3.8) is 0 Å². The van der Waals surface area contributed by atoms with Crippen molar-refractivity contribution in [1.29, 1.82) is 0 Å². The lowest BCUT2D eigenvalue weighted by Gasteiger charge is -2.16. The highest BCUT2D eigenvalue weighted by molar-refractivity contribution is 6.12. The van der Waals surface area contributed by atoms with Crippen LogP contribution < -0.4 is 11.1 Å². The van der Waals surface area contributed by atoms with E-state index in [-0.39, 0.29) is 0 Å². The molecule has 0 fully saturated rings. The Morgan fingerprint density at radius 2 is 1.94 bits per heavy atom. The Labute approximate surface area is 191 Å². The predicted molar refractivity (Wildman–Crippen MR) is 134 cm³/mol. The highest BCUT2D eigenvalue weighted by Crippen LogP contribution is 2.17. The second kappa shape index (κ2) is 14.3. The van der Waals surface area contributed by atoms with Crippen molar-refractivity contribution in [3.05, 3.63) is 72.6 Å². The highest BCUT2D eigenvalue weighted by atomic mass is 16.2. The van der Waals surface area contributed by atoms with Crippen LogP contribution in [0.3, 0.4) is 0 Å². The Morgan fingerprint density at radius 3 is 2.59 bits per heavy atom. The number of aliphatic imine (C=N–C) groups is 1. The van der Waals surface area contributed by atoms with Crippen molar-refractivity contribution < 1.29 is 4.79 Å². The van der Waals surface area contributed by atoms with E-state index in [1.165, 1.54) is 0 Å². The minimum Gasteiger partial charge on any atom is -0.366 e. The van der Waals surface area contributed by atoms with Gasteiger partial charge < -0.3 is 16.0 Å². The van der Waals surface area contributed by atoms with Crippen LogP contribution in [0.25, 0.3) is 0 Å². The first-order chi connectivity index (χ1) is 15.2. The van der Waals surface area contributed by atoms with Crippen LogP contribution in [0.4, 0.5) is 10.5 Å². The molecule has 0 radical (unpaired) electrons. The molecule has 0 saturated heterocycles. The summed E-state index contributed by atoms with van der Waals surface area (Å²) in [5, 5.41) is 9.19. The lowest BCUT2D eigenvalue weighted by molar-refractivity contribution is 0.250. The number of allylic oxidation sites excluding steroid dienone is 5. The molecule has 0 saturated carbocycles. The Balaban J connectivity index is 3.20. The van der Waals surface area contributed by atoms with Crippen molar-refractivity contribution >= 4 is 23.3 Å². The number of hydrazone groups is 1. The Morgan fingerprint density at radius 1 is 1.22 bits per heavy atom. The van der Waals surface area contributed by atoms with E-state index in [4.69, 9.17) is 10.8 Å². The van der Waals surface area contributed by atoms with Gasteiger partial charge in [0.25, 0.3) is 0 Å². The summed E-state index contributed by atoms with van der Waals surface area (Å²) < 4.78 is 0. The molecule has 0 aromatic carbocycles. The normalized spacial score (nSPS) is 13.0. The van der Waals surface area contributed by atoms with Crippen molar-refractivity contribution in [1.82, 2.24) is 20.2 Å². The summed E-state index contributed by atoms with van der Waals surface area (Å²) in [5.41, 5.74) is 8.35. The summed E-state index contributed by atoms with van der Waals surface area (Å²) in [6.45, 7) is 8.50. The quantitative estimate of drug-likeness (QED) is 0.182. The number of likely N-dealkylation sites (N-methyl/N-ethyl adjacent to an activating group) is 1. The van der Waals surface area contributed by atoms with Gasteiger partial charge in [-0.1, -0.05) is 36.5 Å². The number of aromatic nitrogens is 1. The second-order valence-electron chi connectivity index (χ2n) is 7.29. The third-order valence-corrected chi connectivity index (χ3v) is 4.32. The second-order valence-corrected chi connectivity index (χ2v) is 7.29. The van der Waals surface area contributed by atoms with Gasteiger partial charge in [-0.15, -0.1) is 6.58 Å². The maximum Gasteiger partial charge on any atom is 0.312 e. The lowest BCUT2D eigenvalue weighted by Crippen LogP contribution is -2.29. The van der Waals surface area contributed by atoms with Gasteiger partial charge >= 0.3 is 6.03 Å². The van der Waals surface area contributed by atoms with Crippen LogP contribution in [-0.4, -0.2) is 66.7 Å². The van der Waals surface area contributed by atoms with Crippen LogP contribution in [0.1, 0.15) is 25.8 Å². The molecule has 8 heteroatoms. The van der Waals surface area contributed by atoms with Gasteiger partial charge in [0, 0.05) is 39.4 Å². The molecule has 1 heterocycles. The van der Waals surface area contributed by atoms with E-state index in [0.717, 1.165) is 34.8 Å². The molecular formula is C24H35N7O. The van der Waals surface area contributed by atoms with Gasteiger partial charge in [-0.2, -0.15) is 5.10 Å². The highest BCUT2D eigenvalue weighted by Gasteiger charge is 2.10. The number of amides is 2. The van der Waals surface area contributed by atoms with Crippen LogP contribution in [0.5, 0.6) is 0 Å². The fourth-order valence-electron chi connectivity index (χ4n) is 2.43. The Bertz CT molecular complexity index is 911. The van der Waals surface area contributed by atoms with Gasteiger partial charge in [0.1, 0.15) is 5.84 Å². The van der Waals surface area contributed by atoms with E-state index >= 15 is 0 Å². The monoisotopic (exact) mass is 437 g/mol. The Hall–Kier alpha value is -3.68. The van der Waals surface area contributed by atoms with Crippen LogP contribution in [0.2, 0.25) is 0 Å². The minimum atomic E-state index is -0.573. The van der Waals surface area contributed by atoms with Crippen molar-refractivity contribution in [2.24, 2.45) is 15.8 Å². The number of nitrogens with two attached hydrogens (primary N) is 1. The van der Waals surface area contributed by atoms with Gasteiger partial charge in [-0.25, -0.2) is 9.79 Å².